The fourth-order valence-corrected chi connectivity index (χ4v) is 2.34. The highest BCUT2D eigenvalue weighted by atomic mass is 19.1. The lowest BCUT2D eigenvalue weighted by atomic mass is 9.98. The largest absolute Gasteiger partial charge is 0.391 e. The molecule has 128 valence electrons. The molecular formula is C17H19F2N3O2. The SMILES string of the molecule is CC(=O)Nc1cccnc1CC(O)C(N)Cc1cc(F)ccc1F. The molecule has 0 fully saturated rings. The Hall–Kier alpha value is -2.38. The Morgan fingerprint density at radius 3 is 2.79 bits per heavy atom. The van der Waals surface area contributed by atoms with E-state index >= 15 is 0 Å². The van der Waals surface area contributed by atoms with Crippen LogP contribution in [0.3, 0.4) is 0 Å². The summed E-state index contributed by atoms with van der Waals surface area (Å²) in [6.07, 6.45) is 0.558. The van der Waals surface area contributed by atoms with Gasteiger partial charge in [0.05, 0.1) is 17.5 Å². The standard InChI is InChI=1S/C17H19F2N3O2/c1-10(23)22-15-3-2-6-21-16(15)9-17(24)14(20)8-11-7-12(18)4-5-13(11)19/h2-7,14,17,24H,8-9,20H2,1H3,(H,22,23). The van der Waals surface area contributed by atoms with Gasteiger partial charge >= 0.3 is 0 Å². The van der Waals surface area contributed by atoms with E-state index in [2.05, 4.69) is 10.3 Å². The fraction of sp³-hybridized carbons (Fsp3) is 0.294. The van der Waals surface area contributed by atoms with Crippen molar-refractivity contribution in [2.45, 2.75) is 31.9 Å². The zero-order valence-corrected chi connectivity index (χ0v) is 13.2. The number of nitrogens with two attached hydrogens (primary N) is 1. The van der Waals surface area contributed by atoms with Crippen molar-refractivity contribution in [1.82, 2.24) is 4.98 Å². The van der Waals surface area contributed by atoms with E-state index in [4.69, 9.17) is 5.73 Å². The molecular weight excluding hydrogens is 316 g/mol. The molecule has 4 N–H and O–H groups in total. The van der Waals surface area contributed by atoms with E-state index in [0.29, 0.717) is 11.4 Å². The lowest BCUT2D eigenvalue weighted by molar-refractivity contribution is -0.114. The van der Waals surface area contributed by atoms with Crippen molar-refractivity contribution in [3.8, 4) is 0 Å². The van der Waals surface area contributed by atoms with Gasteiger partial charge in [0.25, 0.3) is 0 Å². The third kappa shape index (κ3) is 4.81. The van der Waals surface area contributed by atoms with Crippen LogP contribution in [0.2, 0.25) is 0 Å². The highest BCUT2D eigenvalue weighted by Gasteiger charge is 2.20. The first-order valence-electron chi connectivity index (χ1n) is 7.46. The molecule has 1 heterocycles. The van der Waals surface area contributed by atoms with Crippen molar-refractivity contribution in [3.05, 3.63) is 59.4 Å². The number of nitrogens with zero attached hydrogens (tertiary/aromatic N) is 1. The predicted octanol–water partition coefficient (Wildman–Crippen LogP) is 1.79. The number of aliphatic hydroxyl groups is 1. The first-order chi connectivity index (χ1) is 11.4. The summed E-state index contributed by atoms with van der Waals surface area (Å²) in [5.74, 6) is -1.40. The van der Waals surface area contributed by atoms with Crippen molar-refractivity contribution in [2.75, 3.05) is 5.32 Å². The van der Waals surface area contributed by atoms with Crippen molar-refractivity contribution < 1.29 is 18.7 Å². The van der Waals surface area contributed by atoms with Crippen LogP contribution in [0.25, 0.3) is 0 Å². The van der Waals surface area contributed by atoms with Crippen LogP contribution < -0.4 is 11.1 Å². The average molecular weight is 335 g/mol. The first-order valence-corrected chi connectivity index (χ1v) is 7.46. The minimum atomic E-state index is -1.03. The van der Waals surface area contributed by atoms with Crippen LogP contribution in [0.1, 0.15) is 18.2 Å². The van der Waals surface area contributed by atoms with Gasteiger partial charge in [-0.3, -0.25) is 9.78 Å². The topological polar surface area (TPSA) is 88.2 Å². The van der Waals surface area contributed by atoms with Crippen LogP contribution in [-0.4, -0.2) is 28.1 Å². The van der Waals surface area contributed by atoms with Crippen LogP contribution >= 0.6 is 0 Å². The number of anilines is 1. The van der Waals surface area contributed by atoms with E-state index < -0.39 is 23.8 Å². The number of halogens is 2. The van der Waals surface area contributed by atoms with Crippen LogP contribution in [0.15, 0.2) is 36.5 Å². The molecule has 2 rings (SSSR count). The molecule has 0 aliphatic rings. The molecule has 0 radical (unpaired) electrons. The maximum Gasteiger partial charge on any atom is 0.221 e. The first kappa shape index (κ1) is 18.0. The van der Waals surface area contributed by atoms with Gasteiger partial charge in [0, 0.05) is 25.6 Å². The molecule has 0 aliphatic heterocycles. The maximum absolute atomic E-state index is 13.7. The zero-order chi connectivity index (χ0) is 17.7. The molecule has 0 saturated carbocycles. The molecule has 0 saturated heterocycles. The van der Waals surface area contributed by atoms with Gasteiger partial charge in [0.2, 0.25) is 5.91 Å². The van der Waals surface area contributed by atoms with Crippen LogP contribution in [-0.2, 0) is 17.6 Å². The maximum atomic E-state index is 13.7. The summed E-state index contributed by atoms with van der Waals surface area (Å²) in [6.45, 7) is 1.37. The van der Waals surface area contributed by atoms with Crippen molar-refractivity contribution >= 4 is 11.6 Å². The van der Waals surface area contributed by atoms with Gasteiger partial charge in [-0.25, -0.2) is 8.78 Å². The van der Waals surface area contributed by atoms with Crippen LogP contribution in [0.4, 0.5) is 14.5 Å². The molecule has 24 heavy (non-hydrogen) atoms. The summed E-state index contributed by atoms with van der Waals surface area (Å²) in [6, 6.07) is 5.61. The van der Waals surface area contributed by atoms with Gasteiger partial charge in [0.15, 0.2) is 0 Å². The number of carbonyl (C=O) groups excluding carboxylic acids is 1. The Morgan fingerprint density at radius 1 is 1.33 bits per heavy atom. The van der Waals surface area contributed by atoms with Gasteiger partial charge in [-0.15, -0.1) is 0 Å². The second-order valence-electron chi connectivity index (χ2n) is 5.55. The van der Waals surface area contributed by atoms with Crippen LogP contribution in [0.5, 0.6) is 0 Å². The molecule has 7 heteroatoms. The number of amides is 1. The monoisotopic (exact) mass is 335 g/mol. The minimum absolute atomic E-state index is 0.0208. The minimum Gasteiger partial charge on any atom is -0.391 e. The van der Waals surface area contributed by atoms with E-state index in [1.165, 1.54) is 13.1 Å². The molecule has 0 aliphatic carbocycles. The molecule has 1 aromatic carbocycles. The number of benzene rings is 1. The van der Waals surface area contributed by atoms with Gasteiger partial charge in [0.1, 0.15) is 11.6 Å². The number of rotatable bonds is 6. The Morgan fingerprint density at radius 2 is 2.08 bits per heavy atom. The van der Waals surface area contributed by atoms with E-state index in [-0.39, 0.29) is 24.3 Å². The summed E-state index contributed by atoms with van der Waals surface area (Å²) in [4.78, 5) is 15.3. The Balaban J connectivity index is 2.08. The van der Waals surface area contributed by atoms with E-state index in [9.17, 15) is 18.7 Å². The molecule has 5 nitrogen and oxygen atoms in total. The number of hydrogen-bond donors (Lipinski definition) is 3. The number of carbonyl (C=O) groups is 1. The lowest BCUT2D eigenvalue weighted by Crippen LogP contribution is -2.38. The highest BCUT2D eigenvalue weighted by molar-refractivity contribution is 5.89. The van der Waals surface area contributed by atoms with Gasteiger partial charge < -0.3 is 16.2 Å². The molecule has 2 unspecified atom stereocenters. The van der Waals surface area contributed by atoms with Crippen molar-refractivity contribution in [1.29, 1.82) is 0 Å². The molecule has 2 aromatic rings. The summed E-state index contributed by atoms with van der Waals surface area (Å²) in [5, 5.41) is 12.9. The predicted molar refractivity (Wildman–Crippen MR) is 86.3 cm³/mol. The number of aliphatic hydroxyl groups excluding tert-OH is 1. The zero-order valence-electron chi connectivity index (χ0n) is 13.2. The highest BCUT2D eigenvalue weighted by Crippen LogP contribution is 2.17. The molecule has 2 atom stereocenters. The van der Waals surface area contributed by atoms with Crippen molar-refractivity contribution in [2.24, 2.45) is 5.73 Å². The summed E-state index contributed by atoms with van der Waals surface area (Å²) in [5.41, 5.74) is 6.96. The summed E-state index contributed by atoms with van der Waals surface area (Å²) < 4.78 is 26.9. The average Bonchev–Trinajstić information content (AvgIpc) is 2.52. The Bertz CT molecular complexity index is 725. The second-order valence-corrected chi connectivity index (χ2v) is 5.55. The summed E-state index contributed by atoms with van der Waals surface area (Å²) >= 11 is 0. The van der Waals surface area contributed by atoms with Gasteiger partial charge in [-0.05, 0) is 42.3 Å². The molecule has 0 spiro atoms. The van der Waals surface area contributed by atoms with E-state index in [1.54, 1.807) is 12.1 Å². The third-order valence-electron chi connectivity index (χ3n) is 3.56. The van der Waals surface area contributed by atoms with E-state index in [0.717, 1.165) is 18.2 Å². The van der Waals surface area contributed by atoms with E-state index in [1.807, 2.05) is 0 Å². The Labute approximate surface area is 138 Å². The third-order valence-corrected chi connectivity index (χ3v) is 3.56. The Kier molecular flexibility index (Phi) is 5.94. The molecule has 1 amide bonds. The number of pyridine rings is 1. The quantitative estimate of drug-likeness (QED) is 0.751. The lowest BCUT2D eigenvalue weighted by Gasteiger charge is -2.20. The van der Waals surface area contributed by atoms with Gasteiger partial charge in [-0.2, -0.15) is 0 Å². The fourth-order valence-electron chi connectivity index (χ4n) is 2.34. The second kappa shape index (κ2) is 7.94. The number of aromatic nitrogens is 1. The smallest absolute Gasteiger partial charge is 0.221 e. The van der Waals surface area contributed by atoms with Gasteiger partial charge in [-0.1, -0.05) is 0 Å². The summed E-state index contributed by atoms with van der Waals surface area (Å²) in [7, 11) is 0. The molecule has 0 bridgehead atoms. The number of hydrogen-bond acceptors (Lipinski definition) is 4. The normalized spacial score (nSPS) is 13.4. The van der Waals surface area contributed by atoms with Crippen molar-refractivity contribution in [3.63, 3.8) is 0 Å². The molecule has 1 aromatic heterocycles. The number of nitrogens with one attached hydrogen (secondary N) is 1. The van der Waals surface area contributed by atoms with Crippen LogP contribution in [0, 0.1) is 11.6 Å².